The van der Waals surface area contributed by atoms with Crippen LogP contribution in [0.1, 0.15) is 16.7 Å². The first-order valence-electron chi connectivity index (χ1n) is 10.6. The molecule has 0 aliphatic carbocycles. The molecule has 2 N–H and O–H groups in total. The highest BCUT2D eigenvalue weighted by molar-refractivity contribution is 6.40. The van der Waals surface area contributed by atoms with E-state index >= 15 is 0 Å². The number of hydrazone groups is 1. The van der Waals surface area contributed by atoms with Gasteiger partial charge >= 0.3 is 11.8 Å². The summed E-state index contributed by atoms with van der Waals surface area (Å²) in [5.74, 6) is -1.14. The Kier molecular flexibility index (Phi) is 7.20. The number of benzene rings is 4. The molecule has 4 aromatic carbocycles. The first-order chi connectivity index (χ1) is 16.5. The average molecular weight is 472 g/mol. The summed E-state index contributed by atoms with van der Waals surface area (Å²) >= 11 is 6.07. The zero-order valence-electron chi connectivity index (χ0n) is 18.4. The molecule has 0 aliphatic heterocycles. The van der Waals surface area contributed by atoms with Crippen molar-refractivity contribution in [2.24, 2.45) is 5.10 Å². The van der Waals surface area contributed by atoms with Crippen LogP contribution < -0.4 is 15.5 Å². The Morgan fingerprint density at radius 3 is 2.50 bits per heavy atom. The van der Waals surface area contributed by atoms with Crippen LogP contribution >= 0.6 is 11.6 Å². The molecule has 2 amide bonds. The Morgan fingerprint density at radius 1 is 0.912 bits per heavy atom. The number of hydrogen-bond acceptors (Lipinski definition) is 4. The van der Waals surface area contributed by atoms with Gasteiger partial charge in [0.05, 0.1) is 6.21 Å². The maximum Gasteiger partial charge on any atom is 0.329 e. The van der Waals surface area contributed by atoms with E-state index in [2.05, 4.69) is 15.8 Å². The topological polar surface area (TPSA) is 79.8 Å². The van der Waals surface area contributed by atoms with Crippen molar-refractivity contribution in [1.82, 2.24) is 5.43 Å². The van der Waals surface area contributed by atoms with Crippen LogP contribution in [0.3, 0.4) is 0 Å². The molecule has 4 aromatic rings. The van der Waals surface area contributed by atoms with Gasteiger partial charge in [0.1, 0.15) is 12.4 Å². The Bertz CT molecular complexity index is 1370. The average Bonchev–Trinajstić information content (AvgIpc) is 2.86. The molecule has 170 valence electrons. The number of nitrogens with one attached hydrogen (secondary N) is 2. The van der Waals surface area contributed by atoms with Crippen molar-refractivity contribution in [2.75, 3.05) is 5.32 Å². The monoisotopic (exact) mass is 471 g/mol. The number of halogens is 1. The first-order valence-corrected chi connectivity index (χ1v) is 11.0. The van der Waals surface area contributed by atoms with Crippen molar-refractivity contribution < 1.29 is 14.3 Å². The molecule has 0 unspecified atom stereocenters. The van der Waals surface area contributed by atoms with E-state index in [-0.39, 0.29) is 0 Å². The molecule has 0 saturated heterocycles. The maximum atomic E-state index is 12.3. The van der Waals surface area contributed by atoms with Crippen LogP contribution in [0.2, 0.25) is 5.02 Å². The molecule has 0 atom stereocenters. The van der Waals surface area contributed by atoms with E-state index in [9.17, 15) is 9.59 Å². The number of amides is 2. The lowest BCUT2D eigenvalue weighted by Crippen LogP contribution is -2.32. The number of hydrogen-bond donors (Lipinski definition) is 2. The van der Waals surface area contributed by atoms with E-state index in [1.165, 1.54) is 6.21 Å². The van der Waals surface area contributed by atoms with Crippen LogP contribution in [0.5, 0.6) is 5.75 Å². The summed E-state index contributed by atoms with van der Waals surface area (Å²) in [4.78, 5) is 24.6. The lowest BCUT2D eigenvalue weighted by Gasteiger charge is -2.12. The summed E-state index contributed by atoms with van der Waals surface area (Å²) in [6, 6.07) is 26.5. The molecule has 0 bridgehead atoms. The second-order valence-electron chi connectivity index (χ2n) is 7.54. The van der Waals surface area contributed by atoms with Crippen LogP contribution in [0.4, 0.5) is 5.69 Å². The third-order valence-corrected chi connectivity index (χ3v) is 5.66. The Morgan fingerprint density at radius 2 is 1.68 bits per heavy atom. The smallest absolute Gasteiger partial charge is 0.329 e. The molecule has 4 rings (SSSR count). The van der Waals surface area contributed by atoms with Gasteiger partial charge in [0.25, 0.3) is 0 Å². The van der Waals surface area contributed by atoms with E-state index < -0.39 is 11.8 Å². The van der Waals surface area contributed by atoms with Gasteiger partial charge in [-0.3, -0.25) is 9.59 Å². The van der Waals surface area contributed by atoms with Gasteiger partial charge in [0.15, 0.2) is 0 Å². The number of rotatable bonds is 6. The van der Waals surface area contributed by atoms with E-state index in [1.807, 2.05) is 66.7 Å². The number of carbonyl (C=O) groups is 2. The predicted octanol–water partition coefficient (Wildman–Crippen LogP) is 5.47. The quantitative estimate of drug-likeness (QED) is 0.222. The summed E-state index contributed by atoms with van der Waals surface area (Å²) in [6.07, 6.45) is 1.48. The van der Waals surface area contributed by atoms with E-state index in [4.69, 9.17) is 16.3 Å². The molecule has 0 aliphatic rings. The van der Waals surface area contributed by atoms with Crippen molar-refractivity contribution in [3.05, 3.63) is 107 Å². The molecule has 0 heterocycles. The minimum atomic E-state index is -0.900. The van der Waals surface area contributed by atoms with Gasteiger partial charge in [0.2, 0.25) is 0 Å². The van der Waals surface area contributed by atoms with E-state index in [0.29, 0.717) is 34.2 Å². The molecule has 6 nitrogen and oxygen atoms in total. The van der Waals surface area contributed by atoms with Crippen molar-refractivity contribution >= 4 is 46.1 Å². The molecule has 34 heavy (non-hydrogen) atoms. The second-order valence-corrected chi connectivity index (χ2v) is 7.95. The highest BCUT2D eigenvalue weighted by Crippen LogP contribution is 2.27. The minimum absolute atomic E-state index is 0.383. The maximum absolute atomic E-state index is 12.3. The molecule has 0 saturated carbocycles. The summed E-state index contributed by atoms with van der Waals surface area (Å²) in [6.45, 7) is 2.14. The SMILES string of the molecule is Cc1c(Cl)cccc1NC(=O)C(=O)NN=Cc1c(OCc2ccccc2)ccc2ccccc12. The predicted molar refractivity (Wildman–Crippen MR) is 135 cm³/mol. The molecular formula is C27H22ClN3O3. The highest BCUT2D eigenvalue weighted by Gasteiger charge is 2.15. The molecule has 7 heteroatoms. The van der Waals surface area contributed by atoms with Gasteiger partial charge in [-0.15, -0.1) is 0 Å². The van der Waals surface area contributed by atoms with Crippen LogP contribution in [0.15, 0.2) is 90.0 Å². The standard InChI is InChI=1S/C27H22ClN3O3/c1-18-23(28)12-7-13-24(18)30-26(32)27(33)31-29-16-22-21-11-6-5-10-20(21)14-15-25(22)34-17-19-8-3-2-4-9-19/h2-16H,17H2,1H3,(H,30,32)(H,31,33). The van der Waals surface area contributed by atoms with Crippen LogP contribution in [-0.2, 0) is 16.2 Å². The Labute approximate surface area is 202 Å². The number of fused-ring (bicyclic) bond motifs is 1. The largest absolute Gasteiger partial charge is 0.488 e. The second kappa shape index (κ2) is 10.6. The van der Waals surface area contributed by atoms with Gasteiger partial charge < -0.3 is 10.1 Å². The summed E-state index contributed by atoms with van der Waals surface area (Å²) in [5, 5.41) is 8.96. The number of nitrogens with zero attached hydrogens (tertiary/aromatic N) is 1. The van der Waals surface area contributed by atoms with Crippen LogP contribution in [0.25, 0.3) is 10.8 Å². The fourth-order valence-electron chi connectivity index (χ4n) is 3.40. The van der Waals surface area contributed by atoms with Gasteiger partial charge in [-0.1, -0.05) is 78.3 Å². The molecule has 0 spiro atoms. The van der Waals surface area contributed by atoms with Gasteiger partial charge in [-0.25, -0.2) is 5.43 Å². The van der Waals surface area contributed by atoms with Gasteiger partial charge in [-0.05, 0) is 47.0 Å². The number of carbonyl (C=O) groups excluding carboxylic acids is 2. The van der Waals surface area contributed by atoms with Crippen molar-refractivity contribution in [3.63, 3.8) is 0 Å². The molecular weight excluding hydrogens is 450 g/mol. The Balaban J connectivity index is 1.50. The lowest BCUT2D eigenvalue weighted by molar-refractivity contribution is -0.136. The third kappa shape index (κ3) is 5.42. The fourth-order valence-corrected chi connectivity index (χ4v) is 3.57. The van der Waals surface area contributed by atoms with Crippen molar-refractivity contribution in [3.8, 4) is 5.75 Å². The first kappa shape index (κ1) is 23.0. The zero-order chi connectivity index (χ0) is 23.9. The van der Waals surface area contributed by atoms with E-state index in [0.717, 1.165) is 16.3 Å². The Hall–Kier alpha value is -4.16. The van der Waals surface area contributed by atoms with Gasteiger partial charge in [0, 0.05) is 16.3 Å². The summed E-state index contributed by atoms with van der Waals surface area (Å²) in [5.41, 5.74) is 5.13. The molecule has 0 fully saturated rings. The number of anilines is 1. The zero-order valence-corrected chi connectivity index (χ0v) is 19.2. The minimum Gasteiger partial charge on any atom is -0.488 e. The van der Waals surface area contributed by atoms with Crippen LogP contribution in [0, 0.1) is 6.92 Å². The summed E-state index contributed by atoms with van der Waals surface area (Å²) < 4.78 is 6.04. The fraction of sp³-hybridized carbons (Fsp3) is 0.0741. The third-order valence-electron chi connectivity index (χ3n) is 5.25. The van der Waals surface area contributed by atoms with Gasteiger partial charge in [-0.2, -0.15) is 5.10 Å². The number of ether oxygens (including phenoxy) is 1. The van der Waals surface area contributed by atoms with Crippen molar-refractivity contribution in [2.45, 2.75) is 13.5 Å². The molecule has 0 aromatic heterocycles. The van der Waals surface area contributed by atoms with Crippen LogP contribution in [-0.4, -0.2) is 18.0 Å². The van der Waals surface area contributed by atoms with E-state index in [1.54, 1.807) is 25.1 Å². The highest BCUT2D eigenvalue weighted by atomic mass is 35.5. The van der Waals surface area contributed by atoms with Crippen molar-refractivity contribution in [1.29, 1.82) is 0 Å². The molecule has 0 radical (unpaired) electrons. The summed E-state index contributed by atoms with van der Waals surface area (Å²) in [7, 11) is 0. The normalized spacial score (nSPS) is 10.9. The lowest BCUT2D eigenvalue weighted by atomic mass is 10.0.